The Morgan fingerprint density at radius 2 is 1.73 bits per heavy atom. The van der Waals surface area contributed by atoms with Crippen molar-refractivity contribution >= 4 is 0 Å². The Bertz CT molecular complexity index is 115. The molecule has 0 aliphatic carbocycles. The first kappa shape index (κ1) is 8.97. The molecular weight excluding hydrogens is 144 g/mol. The van der Waals surface area contributed by atoms with Gasteiger partial charge in [0.1, 0.15) is 5.60 Å². The van der Waals surface area contributed by atoms with Crippen molar-refractivity contribution in [3.05, 3.63) is 0 Å². The predicted molar refractivity (Wildman–Crippen MR) is 41.2 cm³/mol. The van der Waals surface area contributed by atoms with Crippen molar-refractivity contribution in [3.8, 4) is 0 Å². The number of hydrogen-bond donors (Lipinski definition) is 1. The minimum Gasteiger partial charge on any atom is -0.385 e. The Labute approximate surface area is 67.3 Å². The zero-order valence-corrected chi connectivity index (χ0v) is 7.17. The quantitative estimate of drug-likeness (QED) is 0.667. The van der Waals surface area contributed by atoms with Gasteiger partial charge in [-0.05, 0) is 12.8 Å². The molecule has 0 radical (unpaired) electrons. The fourth-order valence-corrected chi connectivity index (χ4v) is 1.25. The van der Waals surface area contributed by atoms with Crippen LogP contribution in [0, 0.1) is 0 Å². The average molecular weight is 160 g/mol. The summed E-state index contributed by atoms with van der Waals surface area (Å²) in [7, 11) is 0. The molecule has 1 fully saturated rings. The zero-order valence-electron chi connectivity index (χ0n) is 7.17. The highest BCUT2D eigenvalue weighted by Gasteiger charge is 2.37. The second-order valence-electron chi connectivity index (χ2n) is 2.88. The molecule has 0 aromatic heterocycles. The van der Waals surface area contributed by atoms with Crippen LogP contribution in [0.5, 0.6) is 0 Å². The summed E-state index contributed by atoms with van der Waals surface area (Å²) in [5.41, 5.74) is -0.781. The third kappa shape index (κ3) is 1.72. The van der Waals surface area contributed by atoms with Gasteiger partial charge in [0.05, 0.1) is 13.2 Å². The van der Waals surface area contributed by atoms with Gasteiger partial charge in [0.25, 0.3) is 0 Å². The van der Waals surface area contributed by atoms with Crippen LogP contribution in [-0.4, -0.2) is 30.2 Å². The largest absolute Gasteiger partial charge is 0.385 e. The lowest BCUT2D eigenvalue weighted by Gasteiger charge is -2.29. The molecule has 0 saturated carbocycles. The van der Waals surface area contributed by atoms with Crippen molar-refractivity contribution in [1.82, 2.24) is 0 Å². The Morgan fingerprint density at radius 1 is 1.27 bits per heavy atom. The van der Waals surface area contributed by atoms with E-state index in [-0.39, 0.29) is 0 Å². The molecule has 3 nitrogen and oxygen atoms in total. The van der Waals surface area contributed by atoms with Crippen LogP contribution in [0.25, 0.3) is 0 Å². The van der Waals surface area contributed by atoms with Crippen molar-refractivity contribution in [2.75, 3.05) is 13.2 Å². The number of ether oxygens (including phenoxy) is 2. The summed E-state index contributed by atoms with van der Waals surface area (Å²) in [4.78, 5) is 0. The third-order valence-corrected chi connectivity index (χ3v) is 2.29. The van der Waals surface area contributed by atoms with Crippen LogP contribution < -0.4 is 0 Å². The molecule has 0 bridgehead atoms. The first-order chi connectivity index (χ1) is 5.23. The van der Waals surface area contributed by atoms with E-state index in [0.29, 0.717) is 26.1 Å². The van der Waals surface area contributed by atoms with Gasteiger partial charge < -0.3 is 14.6 Å². The zero-order chi connectivity index (χ0) is 8.32. The lowest BCUT2D eigenvalue weighted by molar-refractivity contribution is -0.183. The van der Waals surface area contributed by atoms with Gasteiger partial charge in [-0.25, -0.2) is 0 Å². The Kier molecular flexibility index (Phi) is 2.87. The molecule has 1 rings (SSSR count). The van der Waals surface area contributed by atoms with Gasteiger partial charge in [0.15, 0.2) is 6.29 Å². The van der Waals surface area contributed by atoms with E-state index in [9.17, 15) is 5.11 Å². The molecule has 66 valence electrons. The number of aliphatic hydroxyl groups is 1. The summed E-state index contributed by atoms with van der Waals surface area (Å²) < 4.78 is 10.5. The molecule has 0 atom stereocenters. The van der Waals surface area contributed by atoms with Crippen molar-refractivity contribution in [2.24, 2.45) is 0 Å². The second kappa shape index (κ2) is 3.52. The second-order valence-corrected chi connectivity index (χ2v) is 2.88. The van der Waals surface area contributed by atoms with E-state index in [0.717, 1.165) is 0 Å². The van der Waals surface area contributed by atoms with E-state index < -0.39 is 11.9 Å². The Morgan fingerprint density at radius 3 is 2.09 bits per heavy atom. The fourth-order valence-electron chi connectivity index (χ4n) is 1.25. The molecule has 3 heteroatoms. The van der Waals surface area contributed by atoms with Crippen LogP contribution in [0.1, 0.15) is 26.7 Å². The summed E-state index contributed by atoms with van der Waals surface area (Å²) in [6.07, 6.45) is 0.944. The highest BCUT2D eigenvalue weighted by atomic mass is 16.7. The molecular formula is C8H16O3. The maximum absolute atomic E-state index is 9.88. The smallest absolute Gasteiger partial charge is 0.186 e. The Hall–Kier alpha value is -0.120. The summed E-state index contributed by atoms with van der Waals surface area (Å²) in [5.74, 6) is 0. The number of hydrogen-bond acceptors (Lipinski definition) is 3. The van der Waals surface area contributed by atoms with Gasteiger partial charge in [-0.15, -0.1) is 0 Å². The molecule has 1 aliphatic rings. The normalized spacial score (nSPS) is 21.0. The standard InChI is InChI=1S/C8H16O3/c1-3-8(9,4-2)7-10-5-6-11-7/h7,9H,3-6H2,1-2H3. The van der Waals surface area contributed by atoms with E-state index >= 15 is 0 Å². The molecule has 0 aromatic rings. The van der Waals surface area contributed by atoms with Gasteiger partial charge in [-0.1, -0.05) is 13.8 Å². The van der Waals surface area contributed by atoms with Crippen molar-refractivity contribution < 1.29 is 14.6 Å². The summed E-state index contributed by atoms with van der Waals surface area (Å²) >= 11 is 0. The molecule has 1 saturated heterocycles. The van der Waals surface area contributed by atoms with Crippen LogP contribution in [0.2, 0.25) is 0 Å². The van der Waals surface area contributed by atoms with Gasteiger partial charge in [-0.3, -0.25) is 0 Å². The molecule has 1 aliphatic heterocycles. The fraction of sp³-hybridized carbons (Fsp3) is 1.00. The Balaban J connectivity index is 2.52. The first-order valence-corrected chi connectivity index (χ1v) is 4.18. The van der Waals surface area contributed by atoms with E-state index in [1.54, 1.807) is 0 Å². The lowest BCUT2D eigenvalue weighted by Crippen LogP contribution is -2.41. The van der Waals surface area contributed by atoms with E-state index in [1.165, 1.54) is 0 Å². The van der Waals surface area contributed by atoms with Crippen LogP contribution in [0.4, 0.5) is 0 Å². The van der Waals surface area contributed by atoms with Crippen molar-refractivity contribution in [2.45, 2.75) is 38.6 Å². The van der Waals surface area contributed by atoms with Gasteiger partial charge in [0, 0.05) is 0 Å². The maximum atomic E-state index is 9.88. The molecule has 0 aromatic carbocycles. The van der Waals surface area contributed by atoms with E-state index in [2.05, 4.69) is 0 Å². The van der Waals surface area contributed by atoms with Crippen molar-refractivity contribution in [1.29, 1.82) is 0 Å². The highest BCUT2D eigenvalue weighted by Crippen LogP contribution is 2.25. The van der Waals surface area contributed by atoms with Crippen LogP contribution >= 0.6 is 0 Å². The van der Waals surface area contributed by atoms with Gasteiger partial charge in [-0.2, -0.15) is 0 Å². The van der Waals surface area contributed by atoms with Gasteiger partial charge >= 0.3 is 0 Å². The topological polar surface area (TPSA) is 38.7 Å². The van der Waals surface area contributed by atoms with Crippen LogP contribution in [0.3, 0.4) is 0 Å². The maximum Gasteiger partial charge on any atom is 0.186 e. The summed E-state index contributed by atoms with van der Waals surface area (Å²) in [6.45, 7) is 5.09. The SMILES string of the molecule is CCC(O)(CC)C1OCCO1. The number of rotatable bonds is 3. The van der Waals surface area contributed by atoms with Crippen molar-refractivity contribution in [3.63, 3.8) is 0 Å². The van der Waals surface area contributed by atoms with Crippen LogP contribution in [-0.2, 0) is 9.47 Å². The molecule has 11 heavy (non-hydrogen) atoms. The molecule has 0 unspecified atom stereocenters. The molecule has 0 spiro atoms. The van der Waals surface area contributed by atoms with E-state index in [1.807, 2.05) is 13.8 Å². The lowest BCUT2D eigenvalue weighted by atomic mass is 9.97. The first-order valence-electron chi connectivity index (χ1n) is 4.18. The molecule has 1 N–H and O–H groups in total. The van der Waals surface area contributed by atoms with Crippen LogP contribution in [0.15, 0.2) is 0 Å². The molecule has 0 amide bonds. The monoisotopic (exact) mass is 160 g/mol. The highest BCUT2D eigenvalue weighted by molar-refractivity contribution is 4.81. The summed E-state index contributed by atoms with van der Waals surface area (Å²) in [6, 6.07) is 0. The average Bonchev–Trinajstić information content (AvgIpc) is 2.55. The third-order valence-electron chi connectivity index (χ3n) is 2.29. The van der Waals surface area contributed by atoms with Gasteiger partial charge in [0.2, 0.25) is 0 Å². The minimum absolute atomic E-state index is 0.405. The minimum atomic E-state index is -0.781. The predicted octanol–water partition coefficient (Wildman–Crippen LogP) is 0.910. The van der Waals surface area contributed by atoms with E-state index in [4.69, 9.17) is 9.47 Å². The summed E-state index contributed by atoms with van der Waals surface area (Å²) in [5, 5.41) is 9.88. The molecule has 1 heterocycles.